The SMILES string of the molecule is CCNC(=O)C(CCC(=O)O)NC(=O)c1c[nH]c(-c2cc(Oc3ccc(NC(=O)Nc4cccc(C)c4)c(F)c3)ccn2)c1. The van der Waals surface area contributed by atoms with E-state index < -0.39 is 35.7 Å². The van der Waals surface area contributed by atoms with E-state index in [-0.39, 0.29) is 29.8 Å². The number of aromatic nitrogens is 2. The van der Waals surface area contributed by atoms with Gasteiger partial charge < -0.3 is 36.1 Å². The molecule has 2 heterocycles. The Bertz CT molecular complexity index is 1670. The number of likely N-dealkylation sites (N-methyl/N-ethyl adjacent to an activating group) is 1. The average molecular weight is 603 g/mol. The number of carboxylic acids is 1. The maximum Gasteiger partial charge on any atom is 0.323 e. The predicted molar refractivity (Wildman–Crippen MR) is 161 cm³/mol. The number of aliphatic carboxylic acids is 1. The number of rotatable bonds is 12. The summed E-state index contributed by atoms with van der Waals surface area (Å²) in [6.45, 7) is 3.94. The fourth-order valence-corrected chi connectivity index (χ4v) is 4.18. The molecular formula is C31H31FN6O6. The van der Waals surface area contributed by atoms with Gasteiger partial charge in [0.15, 0.2) is 0 Å². The Morgan fingerprint density at radius 3 is 2.55 bits per heavy atom. The number of pyridine rings is 1. The highest BCUT2D eigenvalue weighted by Crippen LogP contribution is 2.28. The first kappa shape index (κ1) is 31.2. The summed E-state index contributed by atoms with van der Waals surface area (Å²) < 4.78 is 20.6. The second-order valence-corrected chi connectivity index (χ2v) is 9.72. The Labute approximate surface area is 252 Å². The minimum atomic E-state index is -1.08. The molecule has 228 valence electrons. The van der Waals surface area contributed by atoms with Crippen molar-refractivity contribution in [3.63, 3.8) is 0 Å². The number of benzene rings is 2. The summed E-state index contributed by atoms with van der Waals surface area (Å²) in [6.07, 6.45) is 2.55. The van der Waals surface area contributed by atoms with Crippen molar-refractivity contribution in [1.29, 1.82) is 0 Å². The molecule has 2 aromatic heterocycles. The van der Waals surface area contributed by atoms with Crippen molar-refractivity contribution in [3.8, 4) is 22.9 Å². The summed E-state index contributed by atoms with van der Waals surface area (Å²) >= 11 is 0. The normalized spacial score (nSPS) is 11.2. The van der Waals surface area contributed by atoms with Crippen LogP contribution in [0.25, 0.3) is 11.4 Å². The number of aryl methyl sites for hydroxylation is 1. The molecule has 0 aliphatic heterocycles. The zero-order chi connectivity index (χ0) is 31.6. The third-order valence-electron chi connectivity index (χ3n) is 6.27. The lowest BCUT2D eigenvalue weighted by atomic mass is 10.1. The molecule has 0 aliphatic carbocycles. The summed E-state index contributed by atoms with van der Waals surface area (Å²) in [4.78, 5) is 55.6. The Kier molecular flexibility index (Phi) is 10.3. The Morgan fingerprint density at radius 1 is 1.02 bits per heavy atom. The van der Waals surface area contributed by atoms with E-state index in [0.29, 0.717) is 29.4 Å². The number of ether oxygens (including phenoxy) is 1. The molecule has 12 nitrogen and oxygen atoms in total. The van der Waals surface area contributed by atoms with E-state index in [0.717, 1.165) is 11.6 Å². The molecule has 13 heteroatoms. The molecule has 4 aromatic rings. The minimum absolute atomic E-state index is 0.0347. The average Bonchev–Trinajstić information content (AvgIpc) is 3.48. The number of hydrogen-bond donors (Lipinski definition) is 6. The number of hydrogen-bond acceptors (Lipinski definition) is 6. The van der Waals surface area contributed by atoms with Crippen LogP contribution in [-0.4, -0.2) is 51.5 Å². The van der Waals surface area contributed by atoms with Gasteiger partial charge in [-0.15, -0.1) is 0 Å². The highest BCUT2D eigenvalue weighted by molar-refractivity contribution is 6.00. The highest BCUT2D eigenvalue weighted by Gasteiger charge is 2.22. The number of carbonyl (C=O) groups is 4. The van der Waals surface area contributed by atoms with Gasteiger partial charge in [-0.2, -0.15) is 0 Å². The van der Waals surface area contributed by atoms with Crippen LogP contribution in [0.4, 0.5) is 20.6 Å². The van der Waals surface area contributed by atoms with Crippen molar-refractivity contribution in [2.45, 2.75) is 32.7 Å². The van der Waals surface area contributed by atoms with Gasteiger partial charge in [-0.3, -0.25) is 19.4 Å². The summed E-state index contributed by atoms with van der Waals surface area (Å²) in [5, 5.41) is 19.3. The first-order valence-corrected chi connectivity index (χ1v) is 13.7. The minimum Gasteiger partial charge on any atom is -0.481 e. The molecule has 1 unspecified atom stereocenters. The monoisotopic (exact) mass is 602 g/mol. The number of carboxylic acid groups (broad SMARTS) is 1. The van der Waals surface area contributed by atoms with Gasteiger partial charge in [-0.1, -0.05) is 12.1 Å². The number of carbonyl (C=O) groups excluding carboxylic acids is 3. The van der Waals surface area contributed by atoms with E-state index in [1.54, 1.807) is 37.3 Å². The largest absolute Gasteiger partial charge is 0.481 e. The quantitative estimate of drug-likeness (QED) is 0.131. The first-order valence-electron chi connectivity index (χ1n) is 13.7. The van der Waals surface area contributed by atoms with E-state index in [9.17, 15) is 23.6 Å². The molecule has 6 N–H and O–H groups in total. The molecule has 0 aliphatic rings. The summed E-state index contributed by atoms with van der Waals surface area (Å²) in [7, 11) is 0. The lowest BCUT2D eigenvalue weighted by Gasteiger charge is -2.16. The van der Waals surface area contributed by atoms with E-state index in [1.165, 1.54) is 30.6 Å². The first-order chi connectivity index (χ1) is 21.1. The topological polar surface area (TPSA) is 175 Å². The van der Waals surface area contributed by atoms with Crippen molar-refractivity contribution < 1.29 is 33.4 Å². The Morgan fingerprint density at radius 2 is 1.82 bits per heavy atom. The maximum atomic E-state index is 14.8. The number of nitrogens with one attached hydrogen (secondary N) is 5. The van der Waals surface area contributed by atoms with E-state index in [4.69, 9.17) is 9.84 Å². The second kappa shape index (κ2) is 14.4. The van der Waals surface area contributed by atoms with Gasteiger partial charge in [0, 0.05) is 43.2 Å². The van der Waals surface area contributed by atoms with Gasteiger partial charge >= 0.3 is 12.0 Å². The zero-order valence-electron chi connectivity index (χ0n) is 23.9. The van der Waals surface area contributed by atoms with Crippen LogP contribution in [0, 0.1) is 12.7 Å². The van der Waals surface area contributed by atoms with Crippen LogP contribution >= 0.6 is 0 Å². The van der Waals surface area contributed by atoms with E-state index in [1.807, 2.05) is 13.0 Å². The zero-order valence-corrected chi connectivity index (χ0v) is 23.9. The van der Waals surface area contributed by atoms with Crippen molar-refractivity contribution in [2.24, 2.45) is 0 Å². The van der Waals surface area contributed by atoms with Crippen molar-refractivity contribution in [2.75, 3.05) is 17.2 Å². The van der Waals surface area contributed by atoms with Crippen molar-refractivity contribution in [3.05, 3.63) is 90.0 Å². The summed E-state index contributed by atoms with van der Waals surface area (Å²) in [5.41, 5.74) is 2.59. The number of nitrogens with zero attached hydrogens (tertiary/aromatic N) is 1. The lowest BCUT2D eigenvalue weighted by Crippen LogP contribution is -2.46. The smallest absolute Gasteiger partial charge is 0.323 e. The molecule has 4 amide bonds. The molecule has 0 radical (unpaired) electrons. The van der Waals surface area contributed by atoms with E-state index >= 15 is 0 Å². The van der Waals surface area contributed by atoms with Gasteiger partial charge in [0.25, 0.3) is 5.91 Å². The number of aromatic amines is 1. The van der Waals surface area contributed by atoms with Gasteiger partial charge in [0.05, 0.1) is 22.6 Å². The number of anilines is 2. The van der Waals surface area contributed by atoms with Crippen LogP contribution in [0.3, 0.4) is 0 Å². The van der Waals surface area contributed by atoms with Gasteiger partial charge in [0.2, 0.25) is 5.91 Å². The van der Waals surface area contributed by atoms with Crippen LogP contribution in [0.1, 0.15) is 35.7 Å². The van der Waals surface area contributed by atoms with E-state index in [2.05, 4.69) is 31.2 Å². The molecular weight excluding hydrogens is 571 g/mol. The van der Waals surface area contributed by atoms with Crippen molar-refractivity contribution in [1.82, 2.24) is 20.6 Å². The Hall–Kier alpha value is -5.72. The number of H-pyrrole nitrogens is 1. The molecule has 0 bridgehead atoms. The Balaban J connectivity index is 1.40. The number of amides is 4. The molecule has 0 spiro atoms. The molecule has 0 saturated heterocycles. The van der Waals surface area contributed by atoms with Crippen LogP contribution in [0.5, 0.6) is 11.5 Å². The third-order valence-corrected chi connectivity index (χ3v) is 6.27. The van der Waals surface area contributed by atoms with Crippen LogP contribution in [0.2, 0.25) is 0 Å². The van der Waals surface area contributed by atoms with Gasteiger partial charge in [-0.05, 0) is 62.2 Å². The molecule has 0 fully saturated rings. The highest BCUT2D eigenvalue weighted by atomic mass is 19.1. The van der Waals surface area contributed by atoms with Crippen LogP contribution in [-0.2, 0) is 9.59 Å². The number of halogens is 1. The predicted octanol–water partition coefficient (Wildman–Crippen LogP) is 5.06. The molecule has 2 aromatic carbocycles. The fraction of sp³-hybridized carbons (Fsp3) is 0.194. The van der Waals surface area contributed by atoms with Gasteiger partial charge in [-0.25, -0.2) is 9.18 Å². The van der Waals surface area contributed by atoms with Crippen molar-refractivity contribution >= 4 is 35.2 Å². The van der Waals surface area contributed by atoms with Crippen LogP contribution in [0.15, 0.2) is 73.1 Å². The van der Waals surface area contributed by atoms with Gasteiger partial charge in [0.1, 0.15) is 23.4 Å². The molecule has 44 heavy (non-hydrogen) atoms. The molecule has 1 atom stereocenters. The number of urea groups is 1. The second-order valence-electron chi connectivity index (χ2n) is 9.72. The molecule has 4 rings (SSSR count). The molecule has 0 saturated carbocycles. The summed E-state index contributed by atoms with van der Waals surface area (Å²) in [5.74, 6) is -2.33. The van der Waals surface area contributed by atoms with Crippen LogP contribution < -0.4 is 26.0 Å². The fourth-order valence-electron chi connectivity index (χ4n) is 4.18. The lowest BCUT2D eigenvalue weighted by molar-refractivity contribution is -0.137. The maximum absolute atomic E-state index is 14.8. The third kappa shape index (κ3) is 8.64. The summed E-state index contributed by atoms with van der Waals surface area (Å²) in [6, 6.07) is 14.3. The standard InChI is InChI=1S/C31H31FN6O6/c1-3-33-30(42)25(9-10-28(39)40)37-29(41)19-14-26(35-17-19)27-16-22(11-12-34-27)44-21-7-8-24(23(32)15-21)38-31(43)36-20-6-4-5-18(2)13-20/h4-8,11-17,25,35H,3,9-10H2,1-2H3,(H,33,42)(H,37,41)(H,39,40)(H2,36,38,43).